The Hall–Kier alpha value is -1.71. The van der Waals surface area contributed by atoms with Gasteiger partial charge in [0.1, 0.15) is 0 Å². The molecule has 0 saturated carbocycles. The third kappa shape index (κ3) is 3.69. The van der Waals surface area contributed by atoms with Gasteiger partial charge in [-0.05, 0) is 42.3 Å². The summed E-state index contributed by atoms with van der Waals surface area (Å²) in [6.07, 6.45) is 0. The minimum absolute atomic E-state index is 0.123. The summed E-state index contributed by atoms with van der Waals surface area (Å²) in [4.78, 5) is 14.1. The van der Waals surface area contributed by atoms with Gasteiger partial charge in [0.2, 0.25) is 0 Å². The van der Waals surface area contributed by atoms with Crippen LogP contribution in [0.5, 0.6) is 0 Å². The number of carbonyl (C=O) groups excluding carboxylic acids is 1. The molecule has 0 unspecified atom stereocenters. The summed E-state index contributed by atoms with van der Waals surface area (Å²) in [5.74, 6) is -0.123. The van der Waals surface area contributed by atoms with Crippen LogP contribution in [-0.4, -0.2) is 17.9 Å². The highest BCUT2D eigenvalue weighted by atomic mass is 35.5. The number of amides is 1. The van der Waals surface area contributed by atoms with Gasteiger partial charge in [0.25, 0.3) is 5.91 Å². The Balaban J connectivity index is 2.24. The molecule has 3 nitrogen and oxygen atoms in total. The highest BCUT2D eigenvalue weighted by Crippen LogP contribution is 2.22. The molecular formula is C16H16Cl2N2O. The van der Waals surface area contributed by atoms with E-state index in [1.807, 2.05) is 19.1 Å². The quantitative estimate of drug-likeness (QED) is 0.862. The van der Waals surface area contributed by atoms with E-state index in [0.29, 0.717) is 27.8 Å². The summed E-state index contributed by atoms with van der Waals surface area (Å²) >= 11 is 11.9. The molecule has 0 radical (unpaired) electrons. The third-order valence-corrected chi connectivity index (χ3v) is 3.64. The average Bonchev–Trinajstić information content (AvgIpc) is 2.36. The van der Waals surface area contributed by atoms with E-state index in [0.717, 1.165) is 11.1 Å². The van der Waals surface area contributed by atoms with Gasteiger partial charge in [0, 0.05) is 29.3 Å². The monoisotopic (exact) mass is 322 g/mol. The average molecular weight is 323 g/mol. The van der Waals surface area contributed by atoms with Crippen LogP contribution in [0, 0.1) is 6.92 Å². The van der Waals surface area contributed by atoms with Crippen LogP contribution in [0.1, 0.15) is 21.5 Å². The second-order valence-electron chi connectivity index (χ2n) is 4.98. The normalized spacial score (nSPS) is 10.5. The number of hydrogen-bond donors (Lipinski definition) is 1. The second-order valence-corrected chi connectivity index (χ2v) is 5.85. The number of halogens is 2. The number of hydrogen-bond acceptors (Lipinski definition) is 2. The van der Waals surface area contributed by atoms with Crippen LogP contribution in [0.4, 0.5) is 5.69 Å². The predicted octanol–water partition coefficient (Wildman–Crippen LogP) is 4.16. The standard InChI is InChI=1S/C16H16Cl2N2O/c1-10-4-3-5-14(19)15(10)16(21)20(2)9-11-6-12(17)8-13(18)7-11/h3-8H,9,19H2,1-2H3. The lowest BCUT2D eigenvalue weighted by Crippen LogP contribution is -2.27. The van der Waals surface area contributed by atoms with Gasteiger partial charge in [-0.25, -0.2) is 0 Å². The maximum Gasteiger partial charge on any atom is 0.256 e. The predicted molar refractivity (Wildman–Crippen MR) is 87.9 cm³/mol. The molecule has 110 valence electrons. The zero-order valence-electron chi connectivity index (χ0n) is 11.9. The molecule has 2 N–H and O–H groups in total. The van der Waals surface area contributed by atoms with E-state index in [4.69, 9.17) is 28.9 Å². The van der Waals surface area contributed by atoms with Crippen LogP contribution >= 0.6 is 23.2 Å². The molecule has 2 rings (SSSR count). The summed E-state index contributed by atoms with van der Waals surface area (Å²) in [6, 6.07) is 10.7. The third-order valence-electron chi connectivity index (χ3n) is 3.21. The van der Waals surface area contributed by atoms with E-state index in [1.165, 1.54) is 0 Å². The van der Waals surface area contributed by atoms with Crippen molar-refractivity contribution < 1.29 is 4.79 Å². The molecule has 2 aromatic rings. The minimum atomic E-state index is -0.123. The van der Waals surface area contributed by atoms with Crippen LogP contribution in [0.15, 0.2) is 36.4 Å². The molecule has 0 heterocycles. The van der Waals surface area contributed by atoms with Crippen molar-refractivity contribution in [3.63, 3.8) is 0 Å². The van der Waals surface area contributed by atoms with Crippen LogP contribution in [0.25, 0.3) is 0 Å². The van der Waals surface area contributed by atoms with Crippen molar-refractivity contribution in [1.82, 2.24) is 4.90 Å². The molecule has 2 aromatic carbocycles. The van der Waals surface area contributed by atoms with Gasteiger partial charge < -0.3 is 10.6 Å². The van der Waals surface area contributed by atoms with Crippen molar-refractivity contribution in [2.75, 3.05) is 12.8 Å². The molecule has 0 aliphatic rings. The number of aryl methyl sites for hydroxylation is 1. The van der Waals surface area contributed by atoms with Gasteiger partial charge in [-0.2, -0.15) is 0 Å². The first-order valence-corrected chi connectivity index (χ1v) is 7.19. The highest BCUT2D eigenvalue weighted by molar-refractivity contribution is 6.34. The van der Waals surface area contributed by atoms with E-state index in [-0.39, 0.29) is 5.91 Å². The van der Waals surface area contributed by atoms with Gasteiger partial charge in [0.05, 0.1) is 5.56 Å². The Kier molecular flexibility index (Phi) is 4.76. The van der Waals surface area contributed by atoms with Gasteiger partial charge in [0.15, 0.2) is 0 Å². The lowest BCUT2D eigenvalue weighted by molar-refractivity contribution is 0.0785. The van der Waals surface area contributed by atoms with Crippen LogP contribution in [-0.2, 0) is 6.54 Å². The first-order chi connectivity index (χ1) is 9.88. The smallest absolute Gasteiger partial charge is 0.256 e. The van der Waals surface area contributed by atoms with Crippen LogP contribution in [0.2, 0.25) is 10.0 Å². The van der Waals surface area contributed by atoms with Crippen molar-refractivity contribution in [2.45, 2.75) is 13.5 Å². The number of carbonyl (C=O) groups is 1. The number of nitrogens with two attached hydrogens (primary N) is 1. The van der Waals surface area contributed by atoms with Crippen molar-refractivity contribution in [1.29, 1.82) is 0 Å². The molecule has 1 amide bonds. The van der Waals surface area contributed by atoms with E-state index < -0.39 is 0 Å². The summed E-state index contributed by atoms with van der Waals surface area (Å²) < 4.78 is 0. The Labute approximate surface area is 134 Å². The zero-order chi connectivity index (χ0) is 15.6. The van der Waals surface area contributed by atoms with Crippen LogP contribution in [0.3, 0.4) is 0 Å². The Morgan fingerprint density at radius 2 is 1.81 bits per heavy atom. The molecule has 5 heteroatoms. The first kappa shape index (κ1) is 15.7. The number of anilines is 1. The SMILES string of the molecule is Cc1cccc(N)c1C(=O)N(C)Cc1cc(Cl)cc(Cl)c1. The lowest BCUT2D eigenvalue weighted by atomic mass is 10.1. The molecule has 0 aliphatic heterocycles. The van der Waals surface area contributed by atoms with Crippen molar-refractivity contribution in [3.8, 4) is 0 Å². The molecule has 0 fully saturated rings. The Bertz CT molecular complexity index is 645. The molecule has 0 aliphatic carbocycles. The summed E-state index contributed by atoms with van der Waals surface area (Å²) in [5, 5.41) is 1.10. The topological polar surface area (TPSA) is 46.3 Å². The molecule has 0 saturated heterocycles. The van der Waals surface area contributed by atoms with E-state index >= 15 is 0 Å². The van der Waals surface area contributed by atoms with Gasteiger partial charge in [-0.3, -0.25) is 4.79 Å². The van der Waals surface area contributed by atoms with Crippen molar-refractivity contribution in [3.05, 3.63) is 63.1 Å². The fraction of sp³-hybridized carbons (Fsp3) is 0.188. The summed E-state index contributed by atoms with van der Waals surface area (Å²) in [6.45, 7) is 2.28. The van der Waals surface area contributed by atoms with E-state index in [2.05, 4.69) is 0 Å². The highest BCUT2D eigenvalue weighted by Gasteiger charge is 2.17. The summed E-state index contributed by atoms with van der Waals surface area (Å²) in [5.41, 5.74) is 8.66. The molecule has 0 spiro atoms. The van der Waals surface area contributed by atoms with Gasteiger partial charge >= 0.3 is 0 Å². The summed E-state index contributed by atoms with van der Waals surface area (Å²) in [7, 11) is 1.73. The number of nitrogen functional groups attached to an aromatic ring is 1. The maximum atomic E-state index is 12.5. The molecule has 0 bridgehead atoms. The lowest BCUT2D eigenvalue weighted by Gasteiger charge is -2.20. The molecule has 0 aromatic heterocycles. The Morgan fingerprint density at radius 3 is 2.38 bits per heavy atom. The van der Waals surface area contributed by atoms with Crippen LogP contribution < -0.4 is 5.73 Å². The largest absolute Gasteiger partial charge is 0.398 e. The number of nitrogens with zero attached hydrogens (tertiary/aromatic N) is 1. The van der Waals surface area contributed by atoms with Crippen molar-refractivity contribution >= 4 is 34.8 Å². The molecule has 21 heavy (non-hydrogen) atoms. The van der Waals surface area contributed by atoms with Gasteiger partial charge in [-0.15, -0.1) is 0 Å². The fourth-order valence-electron chi connectivity index (χ4n) is 2.22. The second kappa shape index (κ2) is 6.37. The zero-order valence-corrected chi connectivity index (χ0v) is 13.4. The van der Waals surface area contributed by atoms with E-state index in [1.54, 1.807) is 36.2 Å². The maximum absolute atomic E-state index is 12.5. The number of benzene rings is 2. The first-order valence-electron chi connectivity index (χ1n) is 6.44. The van der Waals surface area contributed by atoms with Gasteiger partial charge in [-0.1, -0.05) is 35.3 Å². The van der Waals surface area contributed by atoms with E-state index in [9.17, 15) is 4.79 Å². The fourth-order valence-corrected chi connectivity index (χ4v) is 2.79. The minimum Gasteiger partial charge on any atom is -0.398 e. The molecular weight excluding hydrogens is 307 g/mol. The number of rotatable bonds is 3. The van der Waals surface area contributed by atoms with Crippen molar-refractivity contribution in [2.24, 2.45) is 0 Å². The Morgan fingerprint density at radius 1 is 1.19 bits per heavy atom. The molecule has 0 atom stereocenters.